The molecule has 2 aromatic carbocycles. The van der Waals surface area contributed by atoms with E-state index in [1.807, 2.05) is 32.0 Å². The van der Waals surface area contributed by atoms with Gasteiger partial charge in [0.1, 0.15) is 0 Å². The number of carbonyl (C=O) groups is 1. The molecule has 0 unspecified atom stereocenters. The molecule has 1 aliphatic rings. The van der Waals surface area contributed by atoms with Crippen LogP contribution in [0.3, 0.4) is 0 Å². The van der Waals surface area contributed by atoms with Gasteiger partial charge in [-0.15, -0.1) is 0 Å². The Kier molecular flexibility index (Phi) is 4.92. The summed E-state index contributed by atoms with van der Waals surface area (Å²) < 4.78 is 27.0. The Morgan fingerprint density at radius 2 is 1.80 bits per heavy atom. The highest BCUT2D eigenvalue weighted by Crippen LogP contribution is 2.24. The molecular formula is C19H22N2O3S. The van der Waals surface area contributed by atoms with Crippen LogP contribution < -0.4 is 10.0 Å². The summed E-state index contributed by atoms with van der Waals surface area (Å²) in [5, 5.41) is 2.94. The van der Waals surface area contributed by atoms with Crippen molar-refractivity contribution in [2.75, 3.05) is 5.32 Å². The van der Waals surface area contributed by atoms with Gasteiger partial charge in [0.05, 0.1) is 4.90 Å². The molecule has 1 amide bonds. The van der Waals surface area contributed by atoms with Crippen molar-refractivity contribution in [3.8, 4) is 0 Å². The molecule has 0 atom stereocenters. The quantitative estimate of drug-likeness (QED) is 0.832. The van der Waals surface area contributed by atoms with Crippen molar-refractivity contribution < 1.29 is 13.2 Å². The van der Waals surface area contributed by atoms with Crippen LogP contribution in [-0.2, 0) is 16.4 Å². The lowest BCUT2D eigenvalue weighted by molar-refractivity contribution is 0.102. The van der Waals surface area contributed by atoms with E-state index in [2.05, 4.69) is 10.0 Å². The van der Waals surface area contributed by atoms with Gasteiger partial charge in [0.15, 0.2) is 0 Å². The molecule has 5 nitrogen and oxygen atoms in total. The summed E-state index contributed by atoms with van der Waals surface area (Å²) in [5.41, 5.74) is 3.32. The topological polar surface area (TPSA) is 75.3 Å². The second kappa shape index (κ2) is 6.98. The van der Waals surface area contributed by atoms with Gasteiger partial charge in [-0.05, 0) is 61.6 Å². The molecule has 1 saturated carbocycles. The van der Waals surface area contributed by atoms with Gasteiger partial charge in [-0.1, -0.05) is 25.1 Å². The van der Waals surface area contributed by atoms with E-state index in [4.69, 9.17) is 0 Å². The van der Waals surface area contributed by atoms with Crippen LogP contribution in [0.5, 0.6) is 0 Å². The third-order valence-electron chi connectivity index (χ3n) is 4.30. The number of para-hydroxylation sites is 1. The summed E-state index contributed by atoms with van der Waals surface area (Å²) in [5.74, 6) is -0.247. The van der Waals surface area contributed by atoms with Crippen molar-refractivity contribution in [2.45, 2.75) is 44.0 Å². The number of amides is 1. The van der Waals surface area contributed by atoms with Gasteiger partial charge in [-0.25, -0.2) is 13.1 Å². The summed E-state index contributed by atoms with van der Waals surface area (Å²) in [7, 11) is -3.50. The monoisotopic (exact) mass is 358 g/mol. The van der Waals surface area contributed by atoms with Crippen molar-refractivity contribution in [3.05, 3.63) is 59.2 Å². The lowest BCUT2D eigenvalue weighted by atomic mass is 10.1. The van der Waals surface area contributed by atoms with Crippen LogP contribution in [0.15, 0.2) is 47.4 Å². The Labute approximate surface area is 148 Å². The fourth-order valence-electron chi connectivity index (χ4n) is 2.66. The second-order valence-corrected chi connectivity index (χ2v) is 8.05. The molecule has 1 aliphatic carbocycles. The first-order chi connectivity index (χ1) is 11.9. The zero-order valence-corrected chi connectivity index (χ0v) is 15.2. The number of hydrogen-bond acceptors (Lipinski definition) is 3. The van der Waals surface area contributed by atoms with Crippen molar-refractivity contribution in [1.29, 1.82) is 0 Å². The average Bonchev–Trinajstić information content (AvgIpc) is 3.40. The van der Waals surface area contributed by atoms with Crippen molar-refractivity contribution in [3.63, 3.8) is 0 Å². The number of sulfonamides is 1. The van der Waals surface area contributed by atoms with Crippen LogP contribution in [0.4, 0.5) is 5.69 Å². The van der Waals surface area contributed by atoms with Gasteiger partial charge < -0.3 is 5.32 Å². The SMILES string of the molecule is CCc1cccc(C)c1NC(=O)c1ccc(S(=O)(=O)NC2CC2)cc1. The molecule has 132 valence electrons. The highest BCUT2D eigenvalue weighted by Gasteiger charge is 2.28. The number of rotatable bonds is 6. The highest BCUT2D eigenvalue weighted by molar-refractivity contribution is 7.89. The van der Waals surface area contributed by atoms with Crippen LogP contribution in [-0.4, -0.2) is 20.4 Å². The smallest absolute Gasteiger partial charge is 0.255 e. The average molecular weight is 358 g/mol. The van der Waals surface area contributed by atoms with Crippen molar-refractivity contribution in [2.24, 2.45) is 0 Å². The molecule has 25 heavy (non-hydrogen) atoms. The zero-order valence-electron chi connectivity index (χ0n) is 14.4. The maximum absolute atomic E-state index is 12.5. The summed E-state index contributed by atoms with van der Waals surface area (Å²) in [4.78, 5) is 12.7. The van der Waals surface area contributed by atoms with Gasteiger partial charge in [0.25, 0.3) is 5.91 Å². The number of anilines is 1. The molecule has 3 rings (SSSR count). The third kappa shape index (κ3) is 4.08. The van der Waals surface area contributed by atoms with Crippen LogP contribution in [0.25, 0.3) is 0 Å². The van der Waals surface area contributed by atoms with E-state index in [-0.39, 0.29) is 16.8 Å². The molecule has 6 heteroatoms. The summed E-state index contributed by atoms with van der Waals surface area (Å²) in [6.07, 6.45) is 2.59. The van der Waals surface area contributed by atoms with E-state index in [1.54, 1.807) is 12.1 Å². The van der Waals surface area contributed by atoms with Gasteiger partial charge in [-0.3, -0.25) is 4.79 Å². The normalized spacial score (nSPS) is 14.3. The van der Waals surface area contributed by atoms with Gasteiger partial charge in [0, 0.05) is 17.3 Å². The van der Waals surface area contributed by atoms with Crippen molar-refractivity contribution >= 4 is 21.6 Å². The Morgan fingerprint density at radius 1 is 1.12 bits per heavy atom. The van der Waals surface area contributed by atoms with E-state index in [0.29, 0.717) is 5.56 Å². The van der Waals surface area contributed by atoms with E-state index in [0.717, 1.165) is 36.1 Å². The first kappa shape index (κ1) is 17.6. The van der Waals surface area contributed by atoms with Crippen LogP contribution in [0.2, 0.25) is 0 Å². The fraction of sp³-hybridized carbons (Fsp3) is 0.316. The molecule has 1 fully saturated rings. The number of nitrogens with one attached hydrogen (secondary N) is 2. The first-order valence-corrected chi connectivity index (χ1v) is 9.91. The fourth-order valence-corrected chi connectivity index (χ4v) is 3.97. The van der Waals surface area contributed by atoms with Crippen LogP contribution >= 0.6 is 0 Å². The van der Waals surface area contributed by atoms with Crippen LogP contribution in [0, 0.1) is 6.92 Å². The minimum atomic E-state index is -3.50. The van der Waals surface area contributed by atoms with E-state index < -0.39 is 10.0 Å². The number of benzene rings is 2. The Morgan fingerprint density at radius 3 is 2.40 bits per heavy atom. The predicted octanol–water partition coefficient (Wildman–Crippen LogP) is 3.25. The standard InChI is InChI=1S/C19H22N2O3S/c1-3-14-6-4-5-13(2)18(14)20-19(22)15-7-11-17(12-8-15)25(23,24)21-16-9-10-16/h4-8,11-12,16,21H,3,9-10H2,1-2H3,(H,20,22). The second-order valence-electron chi connectivity index (χ2n) is 6.34. The highest BCUT2D eigenvalue weighted by atomic mass is 32.2. The Bertz CT molecular complexity index is 885. The molecule has 0 heterocycles. The molecule has 0 saturated heterocycles. The van der Waals surface area contributed by atoms with Gasteiger partial charge in [0.2, 0.25) is 10.0 Å². The molecule has 0 aromatic heterocycles. The lowest BCUT2D eigenvalue weighted by Crippen LogP contribution is -2.25. The maximum atomic E-state index is 12.5. The number of hydrogen-bond donors (Lipinski definition) is 2. The predicted molar refractivity (Wildman–Crippen MR) is 98.3 cm³/mol. The summed E-state index contributed by atoms with van der Waals surface area (Å²) in [6.45, 7) is 3.99. The number of carbonyl (C=O) groups excluding carboxylic acids is 1. The van der Waals surface area contributed by atoms with Crippen LogP contribution in [0.1, 0.15) is 41.3 Å². The zero-order chi connectivity index (χ0) is 18.0. The summed E-state index contributed by atoms with van der Waals surface area (Å²) in [6, 6.07) is 12.0. The number of aryl methyl sites for hydroxylation is 2. The van der Waals surface area contributed by atoms with E-state index in [9.17, 15) is 13.2 Å². The molecule has 2 aromatic rings. The molecule has 0 radical (unpaired) electrons. The lowest BCUT2D eigenvalue weighted by Gasteiger charge is -2.13. The third-order valence-corrected chi connectivity index (χ3v) is 5.84. The van der Waals surface area contributed by atoms with Gasteiger partial charge >= 0.3 is 0 Å². The molecule has 2 N–H and O–H groups in total. The largest absolute Gasteiger partial charge is 0.321 e. The van der Waals surface area contributed by atoms with E-state index in [1.165, 1.54) is 12.1 Å². The molecular weight excluding hydrogens is 336 g/mol. The van der Waals surface area contributed by atoms with E-state index >= 15 is 0 Å². The molecule has 0 spiro atoms. The minimum absolute atomic E-state index is 0.0569. The maximum Gasteiger partial charge on any atom is 0.255 e. The van der Waals surface area contributed by atoms with Crippen molar-refractivity contribution in [1.82, 2.24) is 4.72 Å². The Hall–Kier alpha value is -2.18. The molecule has 0 bridgehead atoms. The Balaban J connectivity index is 1.77. The van der Waals surface area contributed by atoms with Gasteiger partial charge in [-0.2, -0.15) is 0 Å². The minimum Gasteiger partial charge on any atom is -0.321 e. The first-order valence-electron chi connectivity index (χ1n) is 8.43. The summed E-state index contributed by atoms with van der Waals surface area (Å²) >= 11 is 0. The molecule has 0 aliphatic heterocycles.